The highest BCUT2D eigenvalue weighted by molar-refractivity contribution is 5.78. The van der Waals surface area contributed by atoms with Gasteiger partial charge in [0.1, 0.15) is 11.6 Å². The van der Waals surface area contributed by atoms with Crippen molar-refractivity contribution in [3.8, 4) is 0 Å². The number of Topliss-reactive ketones (excluding diaryl/α,β-unsaturated/α-hetero) is 2. The fraction of sp³-hybridized carbons (Fsp3) is 0.556. The molecular weight excluding hydrogens is 248 g/mol. The fourth-order valence-electron chi connectivity index (χ4n) is 1.76. The van der Waals surface area contributed by atoms with Crippen LogP contribution in [0.5, 0.6) is 0 Å². The third-order valence-electron chi connectivity index (χ3n) is 3.70. The van der Waals surface area contributed by atoms with Crippen LogP contribution < -0.4 is 0 Å². The lowest BCUT2D eigenvalue weighted by molar-refractivity contribution is -0.121. The van der Waals surface area contributed by atoms with Crippen LogP contribution in [0.3, 0.4) is 0 Å². The lowest BCUT2D eigenvalue weighted by Gasteiger charge is -2.10. The average molecular weight is 276 g/mol. The molecule has 0 spiro atoms. The van der Waals surface area contributed by atoms with Crippen LogP contribution in [0.25, 0.3) is 0 Å². The second-order valence-electron chi connectivity index (χ2n) is 5.33. The van der Waals surface area contributed by atoms with E-state index in [9.17, 15) is 9.59 Å². The third-order valence-corrected chi connectivity index (χ3v) is 3.70. The number of carbonyl (C=O) groups is 2. The molecule has 1 aromatic carbocycles. The molecular formula is C18H28O2. The van der Waals surface area contributed by atoms with E-state index in [4.69, 9.17) is 0 Å². The van der Waals surface area contributed by atoms with Crippen LogP contribution in [0.4, 0.5) is 0 Å². The molecule has 112 valence electrons. The first-order valence-electron chi connectivity index (χ1n) is 7.47. The molecule has 0 bridgehead atoms. The van der Waals surface area contributed by atoms with Gasteiger partial charge in [0, 0.05) is 11.8 Å². The van der Waals surface area contributed by atoms with Gasteiger partial charge in [0.05, 0.1) is 0 Å². The van der Waals surface area contributed by atoms with Crippen molar-refractivity contribution in [2.75, 3.05) is 0 Å². The Balaban J connectivity index is 0.000000441. The molecule has 0 aliphatic heterocycles. The largest absolute Gasteiger partial charge is 0.300 e. The summed E-state index contributed by atoms with van der Waals surface area (Å²) in [6, 6.07) is 10.2. The molecule has 0 aliphatic carbocycles. The molecule has 2 atom stereocenters. The number of carbonyl (C=O) groups excluding carboxylic acids is 2. The first-order chi connectivity index (χ1) is 9.42. The Hall–Kier alpha value is -1.44. The zero-order valence-corrected chi connectivity index (χ0v) is 13.5. The molecule has 0 fully saturated rings. The van der Waals surface area contributed by atoms with Gasteiger partial charge in [-0.25, -0.2) is 0 Å². The van der Waals surface area contributed by atoms with Crippen LogP contribution >= 0.6 is 0 Å². The first-order valence-corrected chi connectivity index (χ1v) is 7.47. The zero-order chi connectivity index (χ0) is 15.5. The van der Waals surface area contributed by atoms with Gasteiger partial charge in [0.25, 0.3) is 0 Å². The molecule has 0 saturated heterocycles. The Kier molecular flexibility index (Phi) is 9.61. The summed E-state index contributed by atoms with van der Waals surface area (Å²) in [5, 5.41) is 0. The Bertz CT molecular complexity index is 395. The Morgan fingerprint density at radius 1 is 0.950 bits per heavy atom. The average Bonchev–Trinajstić information content (AvgIpc) is 2.45. The predicted molar refractivity (Wildman–Crippen MR) is 84.7 cm³/mol. The van der Waals surface area contributed by atoms with Gasteiger partial charge in [-0.1, -0.05) is 51.1 Å². The highest BCUT2D eigenvalue weighted by Gasteiger charge is 2.11. The topological polar surface area (TPSA) is 34.1 Å². The van der Waals surface area contributed by atoms with E-state index < -0.39 is 0 Å². The van der Waals surface area contributed by atoms with Crippen molar-refractivity contribution < 1.29 is 9.59 Å². The van der Waals surface area contributed by atoms with Crippen molar-refractivity contribution in [2.24, 2.45) is 11.8 Å². The van der Waals surface area contributed by atoms with Crippen LogP contribution in [0.15, 0.2) is 30.3 Å². The number of ketones is 2. The van der Waals surface area contributed by atoms with Gasteiger partial charge in [-0.05, 0) is 38.7 Å². The number of hydrogen-bond acceptors (Lipinski definition) is 2. The maximum atomic E-state index is 11.2. The van der Waals surface area contributed by atoms with Crippen LogP contribution in [0.1, 0.15) is 53.0 Å². The highest BCUT2D eigenvalue weighted by Crippen LogP contribution is 2.12. The number of rotatable bonds is 6. The summed E-state index contributed by atoms with van der Waals surface area (Å²) in [7, 11) is 0. The highest BCUT2D eigenvalue weighted by atomic mass is 16.1. The van der Waals surface area contributed by atoms with Crippen LogP contribution in [0, 0.1) is 11.8 Å². The SMILES string of the molecule is CC[C@@H](C)C(C)=O.CC[C@@H](Cc1ccccc1)C(C)=O. The molecule has 0 N–H and O–H groups in total. The minimum absolute atomic E-state index is 0.197. The van der Waals surface area contributed by atoms with E-state index in [0.29, 0.717) is 11.6 Å². The normalized spacial score (nSPS) is 12.8. The van der Waals surface area contributed by atoms with Gasteiger partial charge in [-0.2, -0.15) is 0 Å². The Labute approximate surface area is 123 Å². The molecule has 0 aromatic heterocycles. The molecule has 1 aromatic rings. The Morgan fingerprint density at radius 2 is 1.50 bits per heavy atom. The van der Waals surface area contributed by atoms with E-state index in [1.165, 1.54) is 5.56 Å². The number of benzene rings is 1. The smallest absolute Gasteiger partial charge is 0.133 e. The van der Waals surface area contributed by atoms with Crippen molar-refractivity contribution in [2.45, 2.75) is 53.9 Å². The van der Waals surface area contributed by atoms with Gasteiger partial charge in [0.2, 0.25) is 0 Å². The van der Waals surface area contributed by atoms with Crippen LogP contribution in [0.2, 0.25) is 0 Å². The van der Waals surface area contributed by atoms with Gasteiger partial charge in [-0.3, -0.25) is 9.59 Å². The minimum Gasteiger partial charge on any atom is -0.300 e. The summed E-state index contributed by atoms with van der Waals surface area (Å²) in [5.41, 5.74) is 1.25. The molecule has 2 heteroatoms. The van der Waals surface area contributed by atoms with E-state index in [-0.39, 0.29) is 11.8 Å². The summed E-state index contributed by atoms with van der Waals surface area (Å²) in [6.45, 7) is 9.34. The standard InChI is InChI=1S/C12H16O.C6H12O/c1-3-12(10(2)13)9-11-7-5-4-6-8-11;1-4-5(2)6(3)7/h4-8,12H,3,9H2,1-2H3;5H,4H2,1-3H3/t12-;5-/m01/s1. The van der Waals surface area contributed by atoms with Crippen LogP contribution in [-0.4, -0.2) is 11.6 Å². The van der Waals surface area contributed by atoms with E-state index in [1.807, 2.05) is 32.0 Å². The quantitative estimate of drug-likeness (QED) is 0.768. The van der Waals surface area contributed by atoms with Gasteiger partial charge < -0.3 is 0 Å². The van der Waals surface area contributed by atoms with Crippen LogP contribution in [-0.2, 0) is 16.0 Å². The van der Waals surface area contributed by atoms with Gasteiger partial charge in [0.15, 0.2) is 0 Å². The van der Waals surface area contributed by atoms with Crippen molar-refractivity contribution in [3.05, 3.63) is 35.9 Å². The maximum absolute atomic E-state index is 11.2. The van der Waals surface area contributed by atoms with E-state index in [0.717, 1.165) is 19.3 Å². The second-order valence-corrected chi connectivity index (χ2v) is 5.33. The van der Waals surface area contributed by atoms with E-state index in [2.05, 4.69) is 19.1 Å². The summed E-state index contributed by atoms with van der Waals surface area (Å²) >= 11 is 0. The minimum atomic E-state index is 0.197. The molecule has 0 unspecified atom stereocenters. The first kappa shape index (κ1) is 18.6. The van der Waals surface area contributed by atoms with Crippen molar-refractivity contribution >= 4 is 11.6 Å². The molecule has 0 radical (unpaired) electrons. The zero-order valence-electron chi connectivity index (χ0n) is 13.5. The summed E-state index contributed by atoms with van der Waals surface area (Å²) in [4.78, 5) is 21.6. The Morgan fingerprint density at radius 3 is 1.80 bits per heavy atom. The lowest BCUT2D eigenvalue weighted by Crippen LogP contribution is -2.12. The molecule has 20 heavy (non-hydrogen) atoms. The van der Waals surface area contributed by atoms with Gasteiger partial charge >= 0.3 is 0 Å². The van der Waals surface area contributed by atoms with E-state index in [1.54, 1.807) is 13.8 Å². The van der Waals surface area contributed by atoms with Crippen molar-refractivity contribution in [1.82, 2.24) is 0 Å². The molecule has 0 amide bonds. The molecule has 0 heterocycles. The number of hydrogen-bond donors (Lipinski definition) is 0. The molecule has 2 nitrogen and oxygen atoms in total. The molecule has 1 rings (SSSR count). The molecule has 0 aliphatic rings. The van der Waals surface area contributed by atoms with Gasteiger partial charge in [-0.15, -0.1) is 0 Å². The summed E-state index contributed by atoms with van der Waals surface area (Å²) in [5.74, 6) is 1.05. The summed E-state index contributed by atoms with van der Waals surface area (Å²) in [6.07, 6.45) is 2.78. The summed E-state index contributed by atoms with van der Waals surface area (Å²) < 4.78 is 0. The third kappa shape index (κ3) is 7.88. The molecule has 0 saturated carbocycles. The second kappa shape index (κ2) is 10.4. The van der Waals surface area contributed by atoms with Crippen molar-refractivity contribution in [1.29, 1.82) is 0 Å². The lowest BCUT2D eigenvalue weighted by atomic mass is 9.94. The predicted octanol–water partition coefficient (Wildman–Crippen LogP) is 4.47. The van der Waals surface area contributed by atoms with E-state index >= 15 is 0 Å². The maximum Gasteiger partial charge on any atom is 0.133 e. The monoisotopic (exact) mass is 276 g/mol. The fourth-order valence-corrected chi connectivity index (χ4v) is 1.76. The van der Waals surface area contributed by atoms with Crippen molar-refractivity contribution in [3.63, 3.8) is 0 Å².